The van der Waals surface area contributed by atoms with Crippen molar-refractivity contribution in [2.24, 2.45) is 7.05 Å². The molecule has 0 atom stereocenters. The quantitative estimate of drug-likeness (QED) is 0.798. The fourth-order valence-corrected chi connectivity index (χ4v) is 2.58. The van der Waals surface area contributed by atoms with Crippen LogP contribution in [0, 0.1) is 0 Å². The number of halogens is 1. The summed E-state index contributed by atoms with van der Waals surface area (Å²) in [5.74, 6) is 0.631. The van der Waals surface area contributed by atoms with E-state index in [4.69, 9.17) is 11.6 Å². The molecule has 22 heavy (non-hydrogen) atoms. The Kier molecular flexibility index (Phi) is 3.96. The van der Waals surface area contributed by atoms with Crippen LogP contribution in [0.15, 0.2) is 35.4 Å². The molecule has 1 N–H and O–H groups in total. The average Bonchev–Trinajstić information content (AvgIpc) is 2.85. The number of nitrogens with zero attached hydrogens (tertiary/aromatic N) is 4. The van der Waals surface area contributed by atoms with Crippen LogP contribution in [0.4, 0.5) is 0 Å². The highest BCUT2D eigenvalue weighted by Crippen LogP contribution is 2.14. The lowest BCUT2D eigenvalue weighted by Crippen LogP contribution is -2.21. The minimum atomic E-state index is -0.169. The molecule has 7 heteroatoms. The molecule has 0 spiro atoms. The van der Waals surface area contributed by atoms with Crippen molar-refractivity contribution < 1.29 is 0 Å². The number of hydrogen-bond donors (Lipinski definition) is 1. The molecule has 114 valence electrons. The van der Waals surface area contributed by atoms with Gasteiger partial charge in [0.2, 0.25) is 0 Å². The van der Waals surface area contributed by atoms with Gasteiger partial charge in [-0.15, -0.1) is 0 Å². The third kappa shape index (κ3) is 3.18. The van der Waals surface area contributed by atoms with E-state index in [0.29, 0.717) is 28.3 Å². The normalized spacial score (nSPS) is 11.5. The minimum Gasteiger partial charge on any atom is -0.309 e. The molecule has 3 aromatic rings. The highest BCUT2D eigenvalue weighted by atomic mass is 35.5. The summed E-state index contributed by atoms with van der Waals surface area (Å²) in [5, 5.41) is 5.18. The molecule has 6 nitrogen and oxygen atoms in total. The second-order valence-corrected chi connectivity index (χ2v) is 5.81. The summed E-state index contributed by atoms with van der Waals surface area (Å²) >= 11 is 5.91. The van der Waals surface area contributed by atoms with Gasteiger partial charge in [-0.3, -0.25) is 14.4 Å². The van der Waals surface area contributed by atoms with Crippen molar-refractivity contribution in [2.75, 3.05) is 7.05 Å². The molecule has 0 saturated heterocycles. The molecule has 1 aromatic carbocycles. The van der Waals surface area contributed by atoms with Crippen molar-refractivity contribution in [3.05, 3.63) is 57.4 Å². The maximum Gasteiger partial charge on any atom is 0.258 e. The molecule has 0 unspecified atom stereocenters. The third-order valence-corrected chi connectivity index (χ3v) is 3.58. The summed E-state index contributed by atoms with van der Waals surface area (Å²) in [7, 11) is 3.86. The van der Waals surface area contributed by atoms with E-state index < -0.39 is 0 Å². The Morgan fingerprint density at radius 1 is 1.36 bits per heavy atom. The van der Waals surface area contributed by atoms with Gasteiger partial charge >= 0.3 is 0 Å². The largest absolute Gasteiger partial charge is 0.309 e. The standard InChI is InChI=1S/C15H16ClN5O/c1-20(7-10-6-17-21(2)8-10)9-14-18-13-4-3-11(16)5-12(13)15(22)19-14/h3-6,8H,7,9H2,1-2H3,(H,18,19,22). The third-order valence-electron chi connectivity index (χ3n) is 3.35. The fourth-order valence-electron chi connectivity index (χ4n) is 2.41. The monoisotopic (exact) mass is 317 g/mol. The first-order valence-electron chi connectivity index (χ1n) is 6.86. The van der Waals surface area contributed by atoms with Crippen molar-refractivity contribution in [3.8, 4) is 0 Å². The van der Waals surface area contributed by atoms with Crippen LogP contribution in [0.25, 0.3) is 10.9 Å². The summed E-state index contributed by atoms with van der Waals surface area (Å²) in [6.45, 7) is 1.28. The Hall–Kier alpha value is -2.18. The number of nitrogens with one attached hydrogen (secondary N) is 1. The van der Waals surface area contributed by atoms with Crippen molar-refractivity contribution in [3.63, 3.8) is 0 Å². The molecule has 0 aliphatic carbocycles. The van der Waals surface area contributed by atoms with E-state index in [1.54, 1.807) is 22.9 Å². The van der Waals surface area contributed by atoms with E-state index in [0.717, 1.165) is 12.1 Å². The predicted octanol–water partition coefficient (Wildman–Crippen LogP) is 1.94. The maximum atomic E-state index is 12.1. The van der Waals surface area contributed by atoms with Gasteiger partial charge in [0.05, 0.1) is 23.6 Å². The molecule has 3 rings (SSSR count). The highest BCUT2D eigenvalue weighted by molar-refractivity contribution is 6.31. The molecular weight excluding hydrogens is 302 g/mol. The Balaban J connectivity index is 1.81. The molecule has 0 aliphatic heterocycles. The topological polar surface area (TPSA) is 66.8 Å². The second kappa shape index (κ2) is 5.90. The Bertz CT molecular complexity index is 870. The van der Waals surface area contributed by atoms with Crippen molar-refractivity contribution >= 4 is 22.5 Å². The van der Waals surface area contributed by atoms with E-state index in [1.807, 2.05) is 26.5 Å². The number of fused-ring (bicyclic) bond motifs is 1. The van der Waals surface area contributed by atoms with Crippen LogP contribution in [0.1, 0.15) is 11.4 Å². The zero-order valence-electron chi connectivity index (χ0n) is 12.4. The molecule has 0 fully saturated rings. The van der Waals surface area contributed by atoms with E-state index in [-0.39, 0.29) is 5.56 Å². The zero-order valence-corrected chi connectivity index (χ0v) is 13.1. The molecule has 2 aromatic heterocycles. The Morgan fingerprint density at radius 2 is 2.18 bits per heavy atom. The summed E-state index contributed by atoms with van der Waals surface area (Å²) < 4.78 is 1.77. The van der Waals surface area contributed by atoms with Crippen molar-refractivity contribution in [1.82, 2.24) is 24.6 Å². The van der Waals surface area contributed by atoms with Gasteiger partial charge in [0, 0.05) is 30.4 Å². The molecule has 2 heterocycles. The van der Waals surface area contributed by atoms with E-state index in [2.05, 4.69) is 20.0 Å². The maximum absolute atomic E-state index is 12.1. The van der Waals surface area contributed by atoms with Crippen LogP contribution in [-0.4, -0.2) is 31.7 Å². The van der Waals surface area contributed by atoms with Crippen LogP contribution in [-0.2, 0) is 20.1 Å². The van der Waals surface area contributed by atoms with Gasteiger partial charge in [0.25, 0.3) is 5.56 Å². The molecule has 0 radical (unpaired) electrons. The first kappa shape index (κ1) is 14.7. The van der Waals surface area contributed by atoms with Gasteiger partial charge in [0.15, 0.2) is 0 Å². The SMILES string of the molecule is CN(Cc1cnn(C)c1)Cc1nc2ccc(Cl)cc2c(=O)[nH]1. The number of aromatic amines is 1. The molecule has 0 aliphatic rings. The van der Waals surface area contributed by atoms with E-state index in [1.165, 1.54) is 0 Å². The zero-order chi connectivity index (χ0) is 15.7. The second-order valence-electron chi connectivity index (χ2n) is 5.37. The van der Waals surface area contributed by atoms with Gasteiger partial charge in [-0.25, -0.2) is 4.98 Å². The summed E-state index contributed by atoms with van der Waals surface area (Å²) in [5.41, 5.74) is 1.59. The van der Waals surface area contributed by atoms with Gasteiger partial charge in [-0.05, 0) is 25.2 Å². The lowest BCUT2D eigenvalue weighted by Gasteiger charge is -2.15. The number of aromatic nitrogens is 4. The summed E-state index contributed by atoms with van der Waals surface area (Å²) in [6.07, 6.45) is 3.80. The Morgan fingerprint density at radius 3 is 2.91 bits per heavy atom. The van der Waals surface area contributed by atoms with Crippen LogP contribution in [0.3, 0.4) is 0 Å². The smallest absolute Gasteiger partial charge is 0.258 e. The number of hydrogen-bond acceptors (Lipinski definition) is 4. The van der Waals surface area contributed by atoms with E-state index in [9.17, 15) is 4.79 Å². The van der Waals surface area contributed by atoms with Gasteiger partial charge in [0.1, 0.15) is 5.82 Å². The minimum absolute atomic E-state index is 0.169. The first-order chi connectivity index (χ1) is 10.5. The van der Waals surface area contributed by atoms with Gasteiger partial charge in [-0.1, -0.05) is 11.6 Å². The fraction of sp³-hybridized carbons (Fsp3) is 0.267. The first-order valence-corrected chi connectivity index (χ1v) is 7.23. The van der Waals surface area contributed by atoms with Crippen LogP contribution in [0.5, 0.6) is 0 Å². The number of benzene rings is 1. The molecule has 0 saturated carbocycles. The van der Waals surface area contributed by atoms with Crippen molar-refractivity contribution in [2.45, 2.75) is 13.1 Å². The van der Waals surface area contributed by atoms with Crippen LogP contribution in [0.2, 0.25) is 5.02 Å². The number of rotatable bonds is 4. The summed E-state index contributed by atoms with van der Waals surface area (Å²) in [6, 6.07) is 5.13. The average molecular weight is 318 g/mol. The molecular formula is C15H16ClN5O. The number of H-pyrrole nitrogens is 1. The Labute approximate surface area is 132 Å². The van der Waals surface area contributed by atoms with Gasteiger partial charge < -0.3 is 4.98 Å². The predicted molar refractivity (Wildman–Crippen MR) is 85.8 cm³/mol. The lowest BCUT2D eigenvalue weighted by molar-refractivity contribution is 0.310. The lowest BCUT2D eigenvalue weighted by atomic mass is 10.2. The van der Waals surface area contributed by atoms with E-state index >= 15 is 0 Å². The highest BCUT2D eigenvalue weighted by Gasteiger charge is 2.08. The molecule has 0 amide bonds. The summed E-state index contributed by atoms with van der Waals surface area (Å²) in [4.78, 5) is 21.5. The van der Waals surface area contributed by atoms with Crippen LogP contribution < -0.4 is 5.56 Å². The molecule has 0 bridgehead atoms. The van der Waals surface area contributed by atoms with Crippen LogP contribution >= 0.6 is 11.6 Å². The number of aryl methyl sites for hydroxylation is 1. The van der Waals surface area contributed by atoms with Gasteiger partial charge in [-0.2, -0.15) is 5.10 Å². The van der Waals surface area contributed by atoms with Crippen molar-refractivity contribution in [1.29, 1.82) is 0 Å².